The number of ether oxygens (including phenoxy) is 1. The van der Waals surface area contributed by atoms with Gasteiger partial charge < -0.3 is 0 Å². The maximum absolute atomic E-state index is 11.7. The van der Waals surface area contributed by atoms with Gasteiger partial charge in [-0.1, -0.05) is 0 Å². The molecule has 5 nitrogen and oxygen atoms in total. The van der Waals surface area contributed by atoms with Crippen LogP contribution in [0, 0.1) is 0 Å². The molecule has 0 aromatic heterocycles. The number of hydrogen-bond donors (Lipinski definition) is 2. The number of aliphatic imine (C=N–C) groups is 1. The third-order valence-corrected chi connectivity index (χ3v) is 23.3. The Kier molecular flexibility index (Phi) is 14.7. The molecular formula is C25H44N2O3Sn. The molecule has 176 valence electrons. The minimum atomic E-state index is -2.66. The fourth-order valence-corrected chi connectivity index (χ4v) is 22.1. The van der Waals surface area contributed by atoms with E-state index < -0.39 is 24.5 Å². The van der Waals surface area contributed by atoms with Crippen LogP contribution in [0.4, 0.5) is 4.79 Å². The number of benzene rings is 1. The summed E-state index contributed by atoms with van der Waals surface area (Å²) in [7, 11) is 1.66. The van der Waals surface area contributed by atoms with Crippen LogP contribution in [-0.2, 0) is 0 Å². The van der Waals surface area contributed by atoms with Crippen LogP contribution in [0.3, 0.4) is 0 Å². The van der Waals surface area contributed by atoms with E-state index in [1.807, 2.05) is 30.5 Å². The van der Waals surface area contributed by atoms with Crippen molar-refractivity contribution >= 4 is 30.7 Å². The number of nitrogens with one attached hydrogen (secondary N) is 1. The first-order chi connectivity index (χ1) is 15.0. The molecule has 31 heavy (non-hydrogen) atoms. The monoisotopic (exact) mass is 540 g/mol. The second-order valence-corrected chi connectivity index (χ2v) is 22.7. The Bertz CT molecular complexity index is 612. The molecule has 2 N–H and O–H groups in total. The number of nitrogens with zero attached hydrogens (tertiary/aromatic N) is 1. The van der Waals surface area contributed by atoms with Gasteiger partial charge in [-0.2, -0.15) is 0 Å². The molecule has 1 rings (SSSR count). The standard InChI is InChI=1S/C13H17N2O3.3C4H9.Sn/c1-18-12-6-4-11(5-7-12)10-14-8-2-3-9-15-13(16)17;3*1-3-4-2;/h4-7,9-10,15H,2-3,8H2,1H3,(H,16,17);3*1,3-4H2,2H3;/b14-10+;;;;. The Morgan fingerprint density at radius 2 is 1.58 bits per heavy atom. The minimum absolute atomic E-state index is 0.202. The van der Waals surface area contributed by atoms with Gasteiger partial charge >= 0.3 is 194 Å². The second kappa shape index (κ2) is 16.4. The van der Waals surface area contributed by atoms with Crippen LogP contribution in [0.25, 0.3) is 0 Å². The second-order valence-electron chi connectivity index (χ2n) is 8.63. The van der Waals surface area contributed by atoms with Gasteiger partial charge in [0.05, 0.1) is 0 Å². The first kappa shape index (κ1) is 27.8. The molecular weight excluding hydrogens is 495 g/mol. The predicted octanol–water partition coefficient (Wildman–Crippen LogP) is 6.92. The van der Waals surface area contributed by atoms with Gasteiger partial charge in [0.2, 0.25) is 0 Å². The Hall–Kier alpha value is -1.24. The molecule has 6 heteroatoms. The number of carboxylic acid groups (broad SMARTS) is 1. The number of carbonyl (C=O) groups is 1. The molecule has 1 unspecified atom stereocenters. The Labute approximate surface area is 193 Å². The molecule has 0 aliphatic carbocycles. The van der Waals surface area contributed by atoms with Gasteiger partial charge in [0.15, 0.2) is 0 Å². The fourth-order valence-electron chi connectivity index (χ4n) is 4.41. The van der Waals surface area contributed by atoms with Crippen molar-refractivity contribution in [1.29, 1.82) is 0 Å². The first-order valence-corrected chi connectivity index (χ1v) is 19.8. The fraction of sp³-hybridized carbons (Fsp3) is 0.680. The molecule has 0 heterocycles. The van der Waals surface area contributed by atoms with Crippen molar-refractivity contribution in [2.75, 3.05) is 13.7 Å². The van der Waals surface area contributed by atoms with E-state index in [2.05, 4.69) is 31.1 Å². The SMILES string of the molecule is CCC[CH2][Sn]([CH2]CCC)([CH2]CCC)[CH](CCC/N=C/c1ccc(OC)cc1)NC(=O)O. The molecule has 0 radical (unpaired) electrons. The zero-order valence-electron chi connectivity index (χ0n) is 20.2. The molecule has 0 saturated carbocycles. The summed E-state index contributed by atoms with van der Waals surface area (Å²) in [5.41, 5.74) is 1.06. The van der Waals surface area contributed by atoms with E-state index in [4.69, 9.17) is 4.74 Å². The van der Waals surface area contributed by atoms with Gasteiger partial charge in [-0.15, -0.1) is 0 Å². The van der Waals surface area contributed by atoms with E-state index in [1.165, 1.54) is 51.8 Å². The quantitative estimate of drug-likeness (QED) is 0.128. The molecule has 1 aromatic rings. The van der Waals surface area contributed by atoms with Gasteiger partial charge in [-0.25, -0.2) is 0 Å². The van der Waals surface area contributed by atoms with Crippen molar-refractivity contribution in [3.63, 3.8) is 0 Å². The molecule has 0 saturated heterocycles. The van der Waals surface area contributed by atoms with Crippen LogP contribution < -0.4 is 10.1 Å². The Morgan fingerprint density at radius 1 is 1.03 bits per heavy atom. The summed E-state index contributed by atoms with van der Waals surface area (Å²) >= 11 is -2.66. The summed E-state index contributed by atoms with van der Waals surface area (Å²) in [5.74, 6) is 0.842. The van der Waals surface area contributed by atoms with Crippen molar-refractivity contribution in [1.82, 2.24) is 5.32 Å². The average Bonchev–Trinajstić information content (AvgIpc) is 2.78. The number of unbranched alkanes of at least 4 members (excludes halogenated alkanes) is 3. The van der Waals surface area contributed by atoms with Crippen LogP contribution in [-0.4, -0.2) is 53.5 Å². The van der Waals surface area contributed by atoms with Crippen LogP contribution in [0.5, 0.6) is 5.75 Å². The summed E-state index contributed by atoms with van der Waals surface area (Å²) < 4.78 is 9.33. The van der Waals surface area contributed by atoms with Crippen LogP contribution >= 0.6 is 0 Å². The van der Waals surface area contributed by atoms with Crippen LogP contribution in [0.1, 0.15) is 77.7 Å². The van der Waals surface area contributed by atoms with Crippen molar-refractivity contribution in [3.8, 4) is 5.75 Å². The normalized spacial score (nSPS) is 12.8. The van der Waals surface area contributed by atoms with Gasteiger partial charge in [-0.05, 0) is 0 Å². The number of hydrogen-bond acceptors (Lipinski definition) is 3. The molecule has 1 aromatic carbocycles. The third kappa shape index (κ3) is 10.8. The van der Waals surface area contributed by atoms with E-state index in [0.29, 0.717) is 0 Å². The number of amides is 1. The maximum atomic E-state index is 11.7. The van der Waals surface area contributed by atoms with E-state index >= 15 is 0 Å². The van der Waals surface area contributed by atoms with Gasteiger partial charge in [-0.3, -0.25) is 0 Å². The molecule has 0 aliphatic heterocycles. The molecule has 0 aliphatic rings. The van der Waals surface area contributed by atoms with E-state index in [0.717, 1.165) is 30.7 Å². The van der Waals surface area contributed by atoms with Crippen LogP contribution in [0.15, 0.2) is 29.3 Å². The van der Waals surface area contributed by atoms with Gasteiger partial charge in [0.25, 0.3) is 0 Å². The predicted molar refractivity (Wildman–Crippen MR) is 135 cm³/mol. The Morgan fingerprint density at radius 3 is 2.03 bits per heavy atom. The van der Waals surface area contributed by atoms with E-state index in [1.54, 1.807) is 7.11 Å². The summed E-state index contributed by atoms with van der Waals surface area (Å²) in [6, 6.07) is 7.87. The zero-order chi connectivity index (χ0) is 23.0. The Balaban J connectivity index is 2.83. The van der Waals surface area contributed by atoms with E-state index in [-0.39, 0.29) is 4.06 Å². The van der Waals surface area contributed by atoms with Crippen molar-refractivity contribution in [2.24, 2.45) is 4.99 Å². The third-order valence-electron chi connectivity index (χ3n) is 6.26. The van der Waals surface area contributed by atoms with Crippen molar-refractivity contribution in [2.45, 2.75) is 89.5 Å². The van der Waals surface area contributed by atoms with Crippen LogP contribution in [0.2, 0.25) is 13.3 Å². The summed E-state index contributed by atoms with van der Waals surface area (Å²) in [6.07, 6.45) is 10.2. The summed E-state index contributed by atoms with van der Waals surface area (Å²) in [4.78, 5) is 16.3. The zero-order valence-corrected chi connectivity index (χ0v) is 23.0. The molecule has 1 amide bonds. The summed E-state index contributed by atoms with van der Waals surface area (Å²) in [5, 5.41) is 12.6. The number of methoxy groups -OCH3 is 1. The topological polar surface area (TPSA) is 70.9 Å². The first-order valence-electron chi connectivity index (χ1n) is 12.1. The molecule has 1 atom stereocenters. The molecule has 0 spiro atoms. The molecule has 0 bridgehead atoms. The van der Waals surface area contributed by atoms with Gasteiger partial charge in [0, 0.05) is 0 Å². The van der Waals surface area contributed by atoms with E-state index in [9.17, 15) is 9.90 Å². The van der Waals surface area contributed by atoms with Crippen molar-refractivity contribution < 1.29 is 14.6 Å². The summed E-state index contributed by atoms with van der Waals surface area (Å²) in [6.45, 7) is 7.50. The van der Waals surface area contributed by atoms with Crippen molar-refractivity contribution in [3.05, 3.63) is 29.8 Å². The van der Waals surface area contributed by atoms with Gasteiger partial charge in [0.1, 0.15) is 0 Å². The molecule has 0 fully saturated rings. The number of rotatable bonds is 17. The average molecular weight is 539 g/mol.